The Balaban J connectivity index is 1.90. The normalized spacial score (nSPS) is 10.1. The summed E-state index contributed by atoms with van der Waals surface area (Å²) in [6.45, 7) is 4.51. The first-order valence-electron chi connectivity index (χ1n) is 7.46. The van der Waals surface area contributed by atoms with Crippen molar-refractivity contribution in [3.05, 3.63) is 54.1 Å². The molecule has 0 saturated heterocycles. The van der Waals surface area contributed by atoms with Crippen LogP contribution in [0.3, 0.4) is 0 Å². The Morgan fingerprint density at radius 1 is 1.00 bits per heavy atom. The van der Waals surface area contributed by atoms with Gasteiger partial charge in [0.2, 0.25) is 0 Å². The maximum Gasteiger partial charge on any atom is 0.262 e. The molecule has 0 aliphatic carbocycles. The molecule has 0 bridgehead atoms. The minimum Gasteiger partial charge on any atom is -0.492 e. The lowest BCUT2D eigenvalue weighted by Gasteiger charge is -2.12. The van der Waals surface area contributed by atoms with Crippen LogP contribution in [-0.4, -0.2) is 19.1 Å². The van der Waals surface area contributed by atoms with Crippen LogP contribution in [0.4, 0.5) is 5.69 Å². The van der Waals surface area contributed by atoms with Crippen LogP contribution < -0.4 is 14.8 Å². The Morgan fingerprint density at radius 2 is 1.73 bits per heavy atom. The predicted molar refractivity (Wildman–Crippen MR) is 87.6 cm³/mol. The molecule has 0 aliphatic rings. The molecule has 0 saturated carbocycles. The van der Waals surface area contributed by atoms with Gasteiger partial charge >= 0.3 is 0 Å². The second-order valence-electron chi connectivity index (χ2n) is 4.76. The van der Waals surface area contributed by atoms with E-state index >= 15 is 0 Å². The highest BCUT2D eigenvalue weighted by atomic mass is 16.5. The van der Waals surface area contributed by atoms with E-state index in [1.54, 1.807) is 6.07 Å². The molecule has 0 radical (unpaired) electrons. The van der Waals surface area contributed by atoms with E-state index in [9.17, 15) is 4.79 Å². The van der Waals surface area contributed by atoms with Crippen molar-refractivity contribution in [1.82, 2.24) is 0 Å². The fourth-order valence-corrected chi connectivity index (χ4v) is 2.01. The number of carbonyl (C=O) groups is 1. The standard InChI is InChI=1S/C18H21NO3/c1-3-14-9-11-15(12-10-14)22-13-18(20)19-16-7-5-6-8-17(16)21-4-2/h5-12H,3-4,13H2,1-2H3,(H,19,20). The van der Waals surface area contributed by atoms with Gasteiger partial charge in [0.15, 0.2) is 6.61 Å². The molecule has 4 nitrogen and oxygen atoms in total. The molecular formula is C18H21NO3. The SMILES string of the molecule is CCOc1ccccc1NC(=O)COc1ccc(CC)cc1. The van der Waals surface area contributed by atoms with Crippen molar-refractivity contribution in [3.63, 3.8) is 0 Å². The van der Waals surface area contributed by atoms with E-state index in [-0.39, 0.29) is 12.5 Å². The maximum atomic E-state index is 12.0. The molecule has 0 atom stereocenters. The third-order valence-electron chi connectivity index (χ3n) is 3.16. The monoisotopic (exact) mass is 299 g/mol. The molecule has 116 valence electrons. The summed E-state index contributed by atoms with van der Waals surface area (Å²) < 4.78 is 11.0. The largest absolute Gasteiger partial charge is 0.492 e. The number of benzene rings is 2. The fourth-order valence-electron chi connectivity index (χ4n) is 2.01. The second kappa shape index (κ2) is 8.08. The molecule has 0 heterocycles. The number of para-hydroxylation sites is 2. The number of aryl methyl sites for hydroxylation is 1. The van der Waals surface area contributed by atoms with Crippen molar-refractivity contribution in [3.8, 4) is 11.5 Å². The van der Waals surface area contributed by atoms with Gasteiger partial charge in [0.25, 0.3) is 5.91 Å². The van der Waals surface area contributed by atoms with Gasteiger partial charge in [-0.15, -0.1) is 0 Å². The number of carbonyl (C=O) groups excluding carboxylic acids is 1. The van der Waals surface area contributed by atoms with E-state index in [0.29, 0.717) is 23.8 Å². The molecule has 0 fully saturated rings. The Hall–Kier alpha value is -2.49. The van der Waals surface area contributed by atoms with E-state index in [0.717, 1.165) is 6.42 Å². The molecule has 0 spiro atoms. The highest BCUT2D eigenvalue weighted by molar-refractivity contribution is 5.93. The number of nitrogens with one attached hydrogen (secondary N) is 1. The zero-order valence-electron chi connectivity index (χ0n) is 13.0. The van der Waals surface area contributed by atoms with Crippen molar-refractivity contribution in [2.75, 3.05) is 18.5 Å². The summed E-state index contributed by atoms with van der Waals surface area (Å²) in [5.41, 5.74) is 1.89. The Morgan fingerprint density at radius 3 is 2.41 bits per heavy atom. The van der Waals surface area contributed by atoms with Crippen LogP contribution in [0, 0.1) is 0 Å². The molecule has 4 heteroatoms. The molecule has 0 unspecified atom stereocenters. The van der Waals surface area contributed by atoms with Crippen molar-refractivity contribution in [1.29, 1.82) is 0 Å². The van der Waals surface area contributed by atoms with Crippen LogP contribution in [-0.2, 0) is 11.2 Å². The highest BCUT2D eigenvalue weighted by Crippen LogP contribution is 2.23. The van der Waals surface area contributed by atoms with Gasteiger partial charge in [-0.25, -0.2) is 0 Å². The molecule has 22 heavy (non-hydrogen) atoms. The van der Waals surface area contributed by atoms with E-state index < -0.39 is 0 Å². The van der Waals surface area contributed by atoms with Crippen LogP contribution in [0.25, 0.3) is 0 Å². The van der Waals surface area contributed by atoms with Crippen LogP contribution >= 0.6 is 0 Å². The van der Waals surface area contributed by atoms with Crippen LogP contribution in [0.2, 0.25) is 0 Å². The van der Waals surface area contributed by atoms with Gasteiger partial charge in [-0.3, -0.25) is 4.79 Å². The smallest absolute Gasteiger partial charge is 0.262 e. The first kappa shape index (κ1) is 15.9. The van der Waals surface area contributed by atoms with Crippen LogP contribution in [0.5, 0.6) is 11.5 Å². The molecular weight excluding hydrogens is 278 g/mol. The number of anilines is 1. The number of ether oxygens (including phenoxy) is 2. The molecule has 1 amide bonds. The molecule has 0 aromatic heterocycles. The molecule has 2 rings (SSSR count). The van der Waals surface area contributed by atoms with Gasteiger partial charge in [-0.2, -0.15) is 0 Å². The van der Waals surface area contributed by atoms with E-state index in [1.165, 1.54) is 5.56 Å². The number of rotatable bonds is 7. The fraction of sp³-hybridized carbons (Fsp3) is 0.278. The zero-order valence-corrected chi connectivity index (χ0v) is 13.0. The average Bonchev–Trinajstić information content (AvgIpc) is 2.55. The summed E-state index contributed by atoms with van der Waals surface area (Å²) in [5.74, 6) is 1.13. The summed E-state index contributed by atoms with van der Waals surface area (Å²) in [5, 5.41) is 2.80. The summed E-state index contributed by atoms with van der Waals surface area (Å²) in [6.07, 6.45) is 0.981. The van der Waals surface area contributed by atoms with E-state index in [4.69, 9.17) is 9.47 Å². The highest BCUT2D eigenvalue weighted by Gasteiger charge is 2.08. The average molecular weight is 299 g/mol. The minimum absolute atomic E-state index is 0.0358. The zero-order chi connectivity index (χ0) is 15.8. The molecule has 0 aliphatic heterocycles. The molecule has 2 aromatic rings. The summed E-state index contributed by atoms with van der Waals surface area (Å²) in [7, 11) is 0. The summed E-state index contributed by atoms with van der Waals surface area (Å²) >= 11 is 0. The molecule has 2 aromatic carbocycles. The Labute approximate surface area is 131 Å². The number of amides is 1. The lowest BCUT2D eigenvalue weighted by Crippen LogP contribution is -2.20. The lowest BCUT2D eigenvalue weighted by molar-refractivity contribution is -0.118. The maximum absolute atomic E-state index is 12.0. The third kappa shape index (κ3) is 4.52. The van der Waals surface area contributed by atoms with Gasteiger partial charge in [0.1, 0.15) is 11.5 Å². The summed E-state index contributed by atoms with van der Waals surface area (Å²) in [6, 6.07) is 15.1. The van der Waals surface area contributed by atoms with Gasteiger partial charge < -0.3 is 14.8 Å². The van der Waals surface area contributed by atoms with Crippen molar-refractivity contribution in [2.45, 2.75) is 20.3 Å². The Bertz CT molecular complexity index is 608. The van der Waals surface area contributed by atoms with E-state index in [2.05, 4.69) is 12.2 Å². The minimum atomic E-state index is -0.216. The van der Waals surface area contributed by atoms with Crippen molar-refractivity contribution >= 4 is 11.6 Å². The van der Waals surface area contributed by atoms with Crippen molar-refractivity contribution < 1.29 is 14.3 Å². The van der Waals surface area contributed by atoms with Gasteiger partial charge in [-0.05, 0) is 43.2 Å². The third-order valence-corrected chi connectivity index (χ3v) is 3.16. The van der Waals surface area contributed by atoms with Gasteiger partial charge in [-0.1, -0.05) is 31.2 Å². The number of hydrogen-bond donors (Lipinski definition) is 1. The second-order valence-corrected chi connectivity index (χ2v) is 4.76. The Kier molecular flexibility index (Phi) is 5.83. The lowest BCUT2D eigenvalue weighted by atomic mass is 10.2. The quantitative estimate of drug-likeness (QED) is 0.848. The first-order valence-corrected chi connectivity index (χ1v) is 7.46. The summed E-state index contributed by atoms with van der Waals surface area (Å²) in [4.78, 5) is 12.0. The van der Waals surface area contributed by atoms with Gasteiger partial charge in [0, 0.05) is 0 Å². The molecule has 1 N–H and O–H groups in total. The van der Waals surface area contributed by atoms with Crippen LogP contribution in [0.1, 0.15) is 19.4 Å². The van der Waals surface area contributed by atoms with Gasteiger partial charge in [0.05, 0.1) is 12.3 Å². The predicted octanol–water partition coefficient (Wildman–Crippen LogP) is 3.67. The van der Waals surface area contributed by atoms with Crippen molar-refractivity contribution in [2.24, 2.45) is 0 Å². The van der Waals surface area contributed by atoms with E-state index in [1.807, 2.05) is 49.4 Å². The first-order chi connectivity index (χ1) is 10.7. The topological polar surface area (TPSA) is 47.6 Å². The number of hydrogen-bond acceptors (Lipinski definition) is 3. The van der Waals surface area contributed by atoms with Crippen LogP contribution in [0.15, 0.2) is 48.5 Å².